The summed E-state index contributed by atoms with van der Waals surface area (Å²) in [5.41, 5.74) is 0.496. The molecule has 0 saturated carbocycles. The molecule has 1 aliphatic heterocycles. The van der Waals surface area contributed by atoms with Crippen molar-refractivity contribution in [2.75, 3.05) is 34.1 Å². The molecule has 0 aliphatic carbocycles. The van der Waals surface area contributed by atoms with E-state index >= 15 is 0 Å². The zero-order chi connectivity index (χ0) is 22.1. The van der Waals surface area contributed by atoms with Gasteiger partial charge in [0.05, 0.1) is 13.7 Å². The van der Waals surface area contributed by atoms with Crippen molar-refractivity contribution in [3.05, 3.63) is 42.0 Å². The van der Waals surface area contributed by atoms with Crippen molar-refractivity contribution in [2.45, 2.75) is 19.6 Å². The maximum absolute atomic E-state index is 12.7. The molecule has 31 heavy (non-hydrogen) atoms. The fraction of sp³-hybridized carbons (Fsp3) is 0.381. The number of halogens is 2. The number of ether oxygens (including phenoxy) is 5. The number of alkyl halides is 2. The summed E-state index contributed by atoms with van der Waals surface area (Å²) in [6.45, 7) is -1.56. The van der Waals surface area contributed by atoms with Crippen LogP contribution in [-0.4, -0.2) is 46.7 Å². The Labute approximate surface area is 179 Å². The van der Waals surface area contributed by atoms with Crippen molar-refractivity contribution in [3.8, 4) is 28.7 Å². The first-order valence-electron chi connectivity index (χ1n) is 9.67. The highest BCUT2D eigenvalue weighted by Gasteiger charge is 2.20. The lowest BCUT2D eigenvalue weighted by atomic mass is 10.1. The summed E-state index contributed by atoms with van der Waals surface area (Å²) < 4.78 is 51.4. The molecule has 0 fully saturated rings. The van der Waals surface area contributed by atoms with Gasteiger partial charge in [-0.1, -0.05) is 0 Å². The van der Waals surface area contributed by atoms with E-state index in [1.165, 1.54) is 6.07 Å². The molecule has 0 spiro atoms. The summed E-state index contributed by atoms with van der Waals surface area (Å²) in [7, 11) is 3.24. The minimum Gasteiger partial charge on any atom is -0.497 e. The van der Waals surface area contributed by atoms with Crippen molar-refractivity contribution in [1.82, 2.24) is 10.6 Å². The standard InChI is InChI=1S/C21H25F2N3O5/c1-24-21(25-8-3-9-28-16-6-4-15(27-2)5-7-16)26-12-14-10-18-19(30-13-29-18)11-17(14)31-20(22)23/h4-7,10-11,20H,3,8-9,12-13H2,1-2H3,(H2,24,25,26). The molecule has 1 heterocycles. The molecule has 0 atom stereocenters. The van der Waals surface area contributed by atoms with Crippen LogP contribution >= 0.6 is 0 Å². The quantitative estimate of drug-likeness (QED) is 0.336. The van der Waals surface area contributed by atoms with Crippen molar-refractivity contribution < 1.29 is 32.5 Å². The van der Waals surface area contributed by atoms with E-state index in [9.17, 15) is 8.78 Å². The average Bonchev–Trinajstić information content (AvgIpc) is 3.22. The Bertz CT molecular complexity index is 878. The van der Waals surface area contributed by atoms with Crippen molar-refractivity contribution in [3.63, 3.8) is 0 Å². The first kappa shape index (κ1) is 22.3. The van der Waals surface area contributed by atoms with Gasteiger partial charge in [0.2, 0.25) is 6.79 Å². The Morgan fingerprint density at radius 2 is 1.81 bits per heavy atom. The normalized spacial score (nSPS) is 12.6. The molecular formula is C21H25F2N3O5. The average molecular weight is 437 g/mol. The second kappa shape index (κ2) is 11.1. The third-order valence-electron chi connectivity index (χ3n) is 4.38. The van der Waals surface area contributed by atoms with Crippen LogP contribution in [0, 0.1) is 0 Å². The molecule has 168 valence electrons. The number of aliphatic imine (C=N–C) groups is 1. The Kier molecular flexibility index (Phi) is 7.97. The summed E-state index contributed by atoms with van der Waals surface area (Å²) >= 11 is 0. The van der Waals surface area contributed by atoms with Crippen LogP contribution in [0.1, 0.15) is 12.0 Å². The van der Waals surface area contributed by atoms with Gasteiger partial charge >= 0.3 is 6.61 Å². The number of benzene rings is 2. The van der Waals surface area contributed by atoms with Crippen molar-refractivity contribution >= 4 is 5.96 Å². The van der Waals surface area contributed by atoms with E-state index in [4.69, 9.17) is 18.9 Å². The topological polar surface area (TPSA) is 82.6 Å². The van der Waals surface area contributed by atoms with Crippen LogP contribution in [0.3, 0.4) is 0 Å². The van der Waals surface area contributed by atoms with Gasteiger partial charge in [0.15, 0.2) is 17.5 Å². The van der Waals surface area contributed by atoms with Crippen LogP contribution in [0.15, 0.2) is 41.4 Å². The molecule has 0 saturated heterocycles. The van der Waals surface area contributed by atoms with E-state index in [0.29, 0.717) is 36.2 Å². The largest absolute Gasteiger partial charge is 0.497 e. The molecular weight excluding hydrogens is 412 g/mol. The van der Waals surface area contributed by atoms with Gasteiger partial charge in [-0.3, -0.25) is 4.99 Å². The molecule has 2 aromatic carbocycles. The number of hydrogen-bond acceptors (Lipinski definition) is 6. The highest BCUT2D eigenvalue weighted by Crippen LogP contribution is 2.38. The fourth-order valence-corrected chi connectivity index (χ4v) is 2.85. The zero-order valence-electron chi connectivity index (χ0n) is 17.3. The summed E-state index contributed by atoms with van der Waals surface area (Å²) in [4.78, 5) is 4.14. The summed E-state index contributed by atoms with van der Waals surface area (Å²) in [6, 6.07) is 10.4. The predicted molar refractivity (Wildman–Crippen MR) is 111 cm³/mol. The van der Waals surface area contributed by atoms with Crippen LogP contribution in [0.2, 0.25) is 0 Å². The molecule has 2 N–H and O–H groups in total. The Balaban J connectivity index is 1.45. The molecule has 0 aromatic heterocycles. The molecule has 0 unspecified atom stereocenters. The van der Waals surface area contributed by atoms with E-state index in [-0.39, 0.29) is 19.1 Å². The first-order valence-corrected chi connectivity index (χ1v) is 9.67. The van der Waals surface area contributed by atoms with Gasteiger partial charge in [-0.15, -0.1) is 0 Å². The van der Waals surface area contributed by atoms with Gasteiger partial charge in [-0.05, 0) is 36.8 Å². The molecule has 10 heteroatoms. The van der Waals surface area contributed by atoms with Gasteiger partial charge in [-0.25, -0.2) is 0 Å². The van der Waals surface area contributed by atoms with E-state index in [2.05, 4.69) is 20.4 Å². The molecule has 2 aromatic rings. The molecule has 0 amide bonds. The van der Waals surface area contributed by atoms with Gasteiger partial charge in [0, 0.05) is 31.8 Å². The Morgan fingerprint density at radius 1 is 1.10 bits per heavy atom. The Hall–Kier alpha value is -3.43. The number of rotatable bonds is 10. The minimum absolute atomic E-state index is 0.0232. The summed E-state index contributed by atoms with van der Waals surface area (Å²) in [5, 5.41) is 6.23. The lowest BCUT2D eigenvalue weighted by Crippen LogP contribution is -2.37. The lowest BCUT2D eigenvalue weighted by Gasteiger charge is -2.15. The van der Waals surface area contributed by atoms with Crippen LogP contribution < -0.4 is 34.3 Å². The van der Waals surface area contributed by atoms with Crippen LogP contribution in [0.25, 0.3) is 0 Å². The number of fused-ring (bicyclic) bond motifs is 1. The van der Waals surface area contributed by atoms with Crippen LogP contribution in [0.4, 0.5) is 8.78 Å². The maximum Gasteiger partial charge on any atom is 0.387 e. The number of nitrogens with zero attached hydrogens (tertiary/aromatic N) is 1. The van der Waals surface area contributed by atoms with Gasteiger partial charge in [0.25, 0.3) is 0 Å². The number of guanidine groups is 1. The minimum atomic E-state index is -2.94. The molecule has 0 bridgehead atoms. The molecule has 1 aliphatic rings. The number of nitrogens with one attached hydrogen (secondary N) is 2. The van der Waals surface area contributed by atoms with E-state index in [1.54, 1.807) is 20.2 Å². The monoisotopic (exact) mass is 437 g/mol. The van der Waals surface area contributed by atoms with Crippen LogP contribution in [-0.2, 0) is 6.54 Å². The molecule has 0 radical (unpaired) electrons. The SMILES string of the molecule is CN=C(NCCCOc1ccc(OC)cc1)NCc1cc2c(cc1OC(F)F)OCO2. The smallest absolute Gasteiger partial charge is 0.387 e. The third kappa shape index (κ3) is 6.53. The van der Waals surface area contributed by atoms with Gasteiger partial charge < -0.3 is 34.3 Å². The zero-order valence-corrected chi connectivity index (χ0v) is 17.3. The van der Waals surface area contributed by atoms with Gasteiger partial charge in [-0.2, -0.15) is 8.78 Å². The van der Waals surface area contributed by atoms with Crippen molar-refractivity contribution in [2.24, 2.45) is 4.99 Å². The highest BCUT2D eigenvalue weighted by molar-refractivity contribution is 5.79. The third-order valence-corrected chi connectivity index (χ3v) is 4.38. The maximum atomic E-state index is 12.7. The van der Waals surface area contributed by atoms with E-state index in [0.717, 1.165) is 17.9 Å². The number of methoxy groups -OCH3 is 1. The van der Waals surface area contributed by atoms with E-state index in [1.807, 2.05) is 24.3 Å². The molecule has 3 rings (SSSR count). The Morgan fingerprint density at radius 3 is 2.48 bits per heavy atom. The van der Waals surface area contributed by atoms with Crippen molar-refractivity contribution in [1.29, 1.82) is 0 Å². The molecule has 8 nitrogen and oxygen atoms in total. The second-order valence-electron chi connectivity index (χ2n) is 6.42. The summed E-state index contributed by atoms with van der Waals surface area (Å²) in [6.07, 6.45) is 0.733. The number of hydrogen-bond donors (Lipinski definition) is 2. The first-order chi connectivity index (χ1) is 15.1. The second-order valence-corrected chi connectivity index (χ2v) is 6.42. The lowest BCUT2D eigenvalue weighted by molar-refractivity contribution is -0.0505. The summed E-state index contributed by atoms with van der Waals surface area (Å²) in [5.74, 6) is 2.93. The fourth-order valence-electron chi connectivity index (χ4n) is 2.85. The highest BCUT2D eigenvalue weighted by atomic mass is 19.3. The van der Waals surface area contributed by atoms with Crippen LogP contribution in [0.5, 0.6) is 28.7 Å². The van der Waals surface area contributed by atoms with Gasteiger partial charge in [0.1, 0.15) is 17.2 Å². The predicted octanol–water partition coefficient (Wildman–Crippen LogP) is 3.16. The van der Waals surface area contributed by atoms with E-state index < -0.39 is 6.61 Å².